The van der Waals surface area contributed by atoms with Crippen molar-refractivity contribution in [3.8, 4) is 5.75 Å². The number of amides is 1. The predicted octanol–water partition coefficient (Wildman–Crippen LogP) is 4.09. The Balaban J connectivity index is 1.81. The molecule has 110 valence electrons. The predicted molar refractivity (Wildman–Crippen MR) is 88.7 cm³/mol. The summed E-state index contributed by atoms with van der Waals surface area (Å²) in [6.45, 7) is 0.246. The molecule has 6 heteroatoms. The van der Waals surface area contributed by atoms with Crippen LogP contribution in [-0.2, 0) is 4.79 Å². The van der Waals surface area contributed by atoms with Gasteiger partial charge in [0, 0.05) is 15.8 Å². The number of hydrogen-bond acceptors (Lipinski definition) is 3. The first-order valence-electron chi connectivity index (χ1n) is 6.28. The zero-order chi connectivity index (χ0) is 15.2. The maximum absolute atomic E-state index is 11.8. The number of rotatable bonds is 5. The van der Waals surface area contributed by atoms with Crippen LogP contribution in [0.1, 0.15) is 6.42 Å². The number of carbonyl (C=O) groups is 1. The van der Waals surface area contributed by atoms with Crippen molar-refractivity contribution >= 4 is 44.8 Å². The average molecular weight is 370 g/mol. The molecule has 0 aliphatic rings. The van der Waals surface area contributed by atoms with E-state index in [1.165, 1.54) is 0 Å². The molecule has 0 bridgehead atoms. The Morgan fingerprint density at radius 3 is 2.81 bits per heavy atom. The molecular weight excluding hydrogens is 356 g/mol. The van der Waals surface area contributed by atoms with Crippen molar-refractivity contribution in [2.24, 2.45) is 0 Å². The van der Waals surface area contributed by atoms with E-state index in [2.05, 4.69) is 21.2 Å². The summed E-state index contributed by atoms with van der Waals surface area (Å²) in [5, 5.41) is 3.25. The first-order chi connectivity index (χ1) is 10.0. The molecule has 2 aromatic rings. The molecule has 0 atom stereocenters. The van der Waals surface area contributed by atoms with Gasteiger partial charge in [-0.25, -0.2) is 0 Å². The number of hydrogen-bond donors (Lipinski definition) is 2. The highest BCUT2D eigenvalue weighted by atomic mass is 79.9. The molecule has 0 radical (unpaired) electrons. The first kappa shape index (κ1) is 15.7. The molecule has 0 spiro atoms. The topological polar surface area (TPSA) is 64.3 Å². The monoisotopic (exact) mass is 368 g/mol. The molecule has 0 saturated carbocycles. The minimum atomic E-state index is -0.145. The number of nitrogens with two attached hydrogens (primary N) is 1. The second-order valence-corrected chi connectivity index (χ2v) is 5.67. The number of nitrogens with one attached hydrogen (secondary N) is 1. The summed E-state index contributed by atoms with van der Waals surface area (Å²) in [7, 11) is 0. The van der Waals surface area contributed by atoms with Crippen molar-refractivity contribution in [1.29, 1.82) is 0 Å². The number of ether oxygens (including phenoxy) is 1. The number of anilines is 2. The van der Waals surface area contributed by atoms with E-state index in [-0.39, 0.29) is 18.9 Å². The van der Waals surface area contributed by atoms with Gasteiger partial charge in [-0.15, -0.1) is 0 Å². The largest absolute Gasteiger partial charge is 0.491 e. The van der Waals surface area contributed by atoms with Crippen molar-refractivity contribution < 1.29 is 9.53 Å². The molecule has 4 nitrogen and oxygen atoms in total. The molecule has 0 unspecified atom stereocenters. The molecule has 3 N–H and O–H groups in total. The standard InChI is InChI=1S/C15H14BrClN2O2/c16-10-4-5-14(13(17)8-10)21-7-6-15(20)19-12-3-1-2-11(18)9-12/h1-5,8-9H,6-7,18H2,(H,19,20). The Kier molecular flexibility index (Phi) is 5.47. The van der Waals surface area contributed by atoms with Crippen molar-refractivity contribution in [2.75, 3.05) is 17.7 Å². The molecule has 0 aliphatic heterocycles. The minimum absolute atomic E-state index is 0.145. The van der Waals surface area contributed by atoms with E-state index in [0.29, 0.717) is 22.1 Å². The molecule has 2 rings (SSSR count). The van der Waals surface area contributed by atoms with Crippen LogP contribution in [0.15, 0.2) is 46.9 Å². The lowest BCUT2D eigenvalue weighted by Gasteiger charge is -2.09. The number of nitrogen functional groups attached to an aromatic ring is 1. The Morgan fingerprint density at radius 2 is 2.10 bits per heavy atom. The fourth-order valence-electron chi connectivity index (χ4n) is 1.69. The molecule has 2 aromatic carbocycles. The molecular formula is C15H14BrClN2O2. The maximum Gasteiger partial charge on any atom is 0.227 e. The summed E-state index contributed by atoms with van der Waals surface area (Å²) >= 11 is 9.34. The van der Waals surface area contributed by atoms with Crippen LogP contribution < -0.4 is 15.8 Å². The van der Waals surface area contributed by atoms with Crippen LogP contribution in [0.25, 0.3) is 0 Å². The highest BCUT2D eigenvalue weighted by Crippen LogP contribution is 2.27. The van der Waals surface area contributed by atoms with E-state index >= 15 is 0 Å². The minimum Gasteiger partial charge on any atom is -0.491 e. The number of halogens is 2. The van der Waals surface area contributed by atoms with Gasteiger partial charge in [-0.2, -0.15) is 0 Å². The highest BCUT2D eigenvalue weighted by Gasteiger charge is 2.06. The lowest BCUT2D eigenvalue weighted by Crippen LogP contribution is -2.15. The van der Waals surface area contributed by atoms with E-state index in [4.69, 9.17) is 22.1 Å². The van der Waals surface area contributed by atoms with Crippen LogP contribution in [0.3, 0.4) is 0 Å². The summed E-state index contributed by atoms with van der Waals surface area (Å²) in [6, 6.07) is 12.3. The Labute approximate surface area is 136 Å². The molecule has 0 aromatic heterocycles. The van der Waals surface area contributed by atoms with Gasteiger partial charge in [-0.3, -0.25) is 4.79 Å². The fourth-order valence-corrected chi connectivity index (χ4v) is 2.41. The van der Waals surface area contributed by atoms with E-state index in [1.54, 1.807) is 36.4 Å². The zero-order valence-electron chi connectivity index (χ0n) is 11.1. The summed E-state index contributed by atoms with van der Waals surface area (Å²) in [5.41, 5.74) is 6.92. The van der Waals surface area contributed by atoms with Crippen LogP contribution >= 0.6 is 27.5 Å². The maximum atomic E-state index is 11.8. The summed E-state index contributed by atoms with van der Waals surface area (Å²) < 4.78 is 6.36. The number of benzene rings is 2. The van der Waals surface area contributed by atoms with E-state index < -0.39 is 0 Å². The molecule has 0 aliphatic carbocycles. The van der Waals surface area contributed by atoms with E-state index in [1.807, 2.05) is 6.07 Å². The lowest BCUT2D eigenvalue weighted by atomic mass is 10.3. The van der Waals surface area contributed by atoms with E-state index in [0.717, 1.165) is 4.47 Å². The third-order valence-corrected chi connectivity index (χ3v) is 3.44. The summed E-state index contributed by atoms with van der Waals surface area (Å²) in [6.07, 6.45) is 0.223. The SMILES string of the molecule is Nc1cccc(NC(=O)CCOc2ccc(Br)cc2Cl)c1. The Hall–Kier alpha value is -1.72. The van der Waals surface area contributed by atoms with Gasteiger partial charge in [-0.1, -0.05) is 33.6 Å². The summed E-state index contributed by atoms with van der Waals surface area (Å²) in [4.78, 5) is 11.8. The third kappa shape index (κ3) is 4.95. The van der Waals surface area contributed by atoms with Crippen LogP contribution in [0, 0.1) is 0 Å². The van der Waals surface area contributed by atoms with Gasteiger partial charge in [0.1, 0.15) is 5.75 Å². The van der Waals surface area contributed by atoms with Gasteiger partial charge in [0.2, 0.25) is 5.91 Å². The van der Waals surface area contributed by atoms with Crippen molar-refractivity contribution in [3.63, 3.8) is 0 Å². The first-order valence-corrected chi connectivity index (χ1v) is 7.45. The molecule has 1 amide bonds. The summed E-state index contributed by atoms with van der Waals surface area (Å²) in [5.74, 6) is 0.408. The van der Waals surface area contributed by atoms with E-state index in [9.17, 15) is 4.79 Å². The van der Waals surface area contributed by atoms with Crippen LogP contribution in [0.5, 0.6) is 5.75 Å². The average Bonchev–Trinajstić information content (AvgIpc) is 2.41. The second-order valence-electron chi connectivity index (χ2n) is 4.35. The van der Waals surface area contributed by atoms with Gasteiger partial charge >= 0.3 is 0 Å². The van der Waals surface area contributed by atoms with Gasteiger partial charge in [0.25, 0.3) is 0 Å². The van der Waals surface area contributed by atoms with Crippen molar-refractivity contribution in [2.45, 2.75) is 6.42 Å². The van der Waals surface area contributed by atoms with Gasteiger partial charge in [0.15, 0.2) is 0 Å². The van der Waals surface area contributed by atoms with Crippen LogP contribution in [0.4, 0.5) is 11.4 Å². The normalized spacial score (nSPS) is 10.2. The second kappa shape index (κ2) is 7.33. The lowest BCUT2D eigenvalue weighted by molar-refractivity contribution is -0.116. The molecule has 0 heterocycles. The Bertz CT molecular complexity index is 649. The highest BCUT2D eigenvalue weighted by molar-refractivity contribution is 9.10. The van der Waals surface area contributed by atoms with Gasteiger partial charge < -0.3 is 15.8 Å². The van der Waals surface area contributed by atoms with Crippen molar-refractivity contribution in [1.82, 2.24) is 0 Å². The number of carbonyl (C=O) groups excluding carboxylic acids is 1. The quantitative estimate of drug-likeness (QED) is 0.780. The Morgan fingerprint density at radius 1 is 1.29 bits per heavy atom. The van der Waals surface area contributed by atoms with Gasteiger partial charge in [-0.05, 0) is 36.4 Å². The fraction of sp³-hybridized carbons (Fsp3) is 0.133. The molecule has 21 heavy (non-hydrogen) atoms. The zero-order valence-corrected chi connectivity index (χ0v) is 13.4. The van der Waals surface area contributed by atoms with Crippen LogP contribution in [-0.4, -0.2) is 12.5 Å². The van der Waals surface area contributed by atoms with Gasteiger partial charge in [0.05, 0.1) is 18.1 Å². The van der Waals surface area contributed by atoms with Crippen molar-refractivity contribution in [3.05, 3.63) is 52.0 Å². The van der Waals surface area contributed by atoms with Crippen LogP contribution in [0.2, 0.25) is 5.02 Å². The molecule has 0 saturated heterocycles. The third-order valence-electron chi connectivity index (χ3n) is 2.65. The smallest absolute Gasteiger partial charge is 0.227 e. The molecule has 0 fully saturated rings.